The van der Waals surface area contributed by atoms with E-state index in [1.807, 2.05) is 27.9 Å². The number of likely N-dealkylation sites (tertiary alicyclic amines) is 1. The molecule has 1 saturated heterocycles. The van der Waals surface area contributed by atoms with Gasteiger partial charge in [-0.1, -0.05) is 25.5 Å². The molecule has 4 aromatic rings. The van der Waals surface area contributed by atoms with Crippen LogP contribution < -0.4 is 10.8 Å². The summed E-state index contributed by atoms with van der Waals surface area (Å²) in [6, 6.07) is 9.28. The van der Waals surface area contributed by atoms with Crippen LogP contribution in [0.2, 0.25) is 0 Å². The summed E-state index contributed by atoms with van der Waals surface area (Å²) in [4.78, 5) is 31.1. The lowest BCUT2D eigenvalue weighted by molar-refractivity contribution is -0.147. The number of hydrogen-bond acceptors (Lipinski definition) is 5. The van der Waals surface area contributed by atoms with Crippen LogP contribution >= 0.6 is 0 Å². The molecule has 168 valence electrons. The Morgan fingerprint density at radius 2 is 1.88 bits per heavy atom. The molecule has 3 heterocycles. The van der Waals surface area contributed by atoms with Crippen LogP contribution in [-0.2, 0) is 4.79 Å². The normalized spacial score (nSPS) is 19.7. The Balaban J connectivity index is 1.27. The first-order valence-electron chi connectivity index (χ1n) is 11.7. The molecule has 1 amide bonds. The van der Waals surface area contributed by atoms with Gasteiger partial charge >= 0.3 is 0 Å². The third-order valence-corrected chi connectivity index (χ3v) is 7.70. The highest BCUT2D eigenvalue weighted by Crippen LogP contribution is 2.42. The molecule has 0 unspecified atom stereocenters. The van der Waals surface area contributed by atoms with Gasteiger partial charge in [-0.05, 0) is 49.3 Å². The Morgan fingerprint density at radius 1 is 1.12 bits per heavy atom. The van der Waals surface area contributed by atoms with Crippen molar-refractivity contribution in [1.82, 2.24) is 19.7 Å². The Kier molecular flexibility index (Phi) is 4.44. The van der Waals surface area contributed by atoms with Gasteiger partial charge in [0.2, 0.25) is 5.91 Å². The molecule has 7 heteroatoms. The van der Waals surface area contributed by atoms with Crippen LogP contribution in [0, 0.1) is 5.41 Å². The van der Waals surface area contributed by atoms with Crippen molar-refractivity contribution in [3.63, 3.8) is 0 Å². The molecule has 6 rings (SSSR count). The van der Waals surface area contributed by atoms with Gasteiger partial charge in [-0.15, -0.1) is 0 Å². The van der Waals surface area contributed by atoms with Crippen molar-refractivity contribution in [3.8, 4) is 0 Å². The second kappa shape index (κ2) is 7.27. The molecule has 1 aliphatic heterocycles. The van der Waals surface area contributed by atoms with E-state index in [2.05, 4.69) is 17.0 Å². The molecule has 33 heavy (non-hydrogen) atoms. The molecular weight excluding hydrogens is 416 g/mol. The maximum absolute atomic E-state index is 12.8. The Morgan fingerprint density at radius 3 is 2.61 bits per heavy atom. The summed E-state index contributed by atoms with van der Waals surface area (Å²) < 4.78 is 1.91. The summed E-state index contributed by atoms with van der Waals surface area (Å²) in [5.74, 6) is 0.437. The summed E-state index contributed by atoms with van der Waals surface area (Å²) in [6.07, 6.45) is 8.43. The van der Waals surface area contributed by atoms with E-state index in [1.54, 1.807) is 24.4 Å². The van der Waals surface area contributed by atoms with Gasteiger partial charge < -0.3 is 10.0 Å². The molecule has 2 aromatic heterocycles. The molecule has 0 radical (unpaired) electrons. The van der Waals surface area contributed by atoms with Crippen LogP contribution in [0.4, 0.5) is 0 Å². The van der Waals surface area contributed by atoms with E-state index in [0.717, 1.165) is 56.0 Å². The smallest absolute Gasteiger partial charge is 0.278 e. The van der Waals surface area contributed by atoms with Gasteiger partial charge in [0.05, 0.1) is 28.7 Å². The van der Waals surface area contributed by atoms with Gasteiger partial charge in [0.25, 0.3) is 5.56 Å². The molecule has 0 spiro atoms. The van der Waals surface area contributed by atoms with Crippen molar-refractivity contribution in [2.75, 3.05) is 13.1 Å². The first kappa shape index (κ1) is 20.1. The standard InChI is InChI=1S/C26H26N4O3/c1-26(10-3-11-26)25(33)29-12-8-17(9-13-29)30-15-16(14-27-30)23(31)19-6-7-21-22-18(19)4-2-5-20(22)24(32)28-21/h2,4-7,14-15,17,31H,3,8-13H2,1H3/b23-19-. The van der Waals surface area contributed by atoms with Crippen molar-refractivity contribution in [2.24, 2.45) is 5.41 Å². The van der Waals surface area contributed by atoms with Crippen LogP contribution in [0.15, 0.2) is 47.5 Å². The van der Waals surface area contributed by atoms with Crippen molar-refractivity contribution in [1.29, 1.82) is 0 Å². The predicted octanol–water partition coefficient (Wildman–Crippen LogP) is 3.17. The molecule has 2 aliphatic rings. The molecule has 2 fully saturated rings. The number of carbonyl (C=O) groups excluding carboxylic acids is 1. The van der Waals surface area contributed by atoms with E-state index in [-0.39, 0.29) is 22.8 Å². The lowest BCUT2D eigenvalue weighted by Crippen LogP contribution is -2.49. The van der Waals surface area contributed by atoms with Crippen molar-refractivity contribution in [3.05, 3.63) is 63.9 Å². The van der Waals surface area contributed by atoms with Crippen LogP contribution in [-0.4, -0.2) is 43.8 Å². The number of piperidine rings is 1. The van der Waals surface area contributed by atoms with Crippen LogP contribution in [0.3, 0.4) is 0 Å². The SMILES string of the molecule is CC1(C(=O)N2CCC(n3cc(/C(O)=c4\ccc5nc(=O)c6cccc4c56)cn3)CC2)CCC1. The fourth-order valence-electron chi connectivity index (χ4n) is 5.49. The zero-order valence-electron chi connectivity index (χ0n) is 18.6. The minimum atomic E-state index is -0.240. The molecule has 1 saturated carbocycles. The van der Waals surface area contributed by atoms with E-state index >= 15 is 0 Å². The average Bonchev–Trinajstić information content (AvgIpc) is 3.43. The number of benzene rings is 2. The lowest BCUT2D eigenvalue weighted by atomic mass is 9.69. The van der Waals surface area contributed by atoms with E-state index in [0.29, 0.717) is 27.6 Å². The van der Waals surface area contributed by atoms with E-state index in [4.69, 9.17) is 0 Å². The summed E-state index contributed by atoms with van der Waals surface area (Å²) in [5, 5.41) is 18.5. The number of hydrogen-bond donors (Lipinski definition) is 1. The second-order valence-corrected chi connectivity index (χ2v) is 9.77. The number of carbonyl (C=O) groups is 1. The zero-order valence-corrected chi connectivity index (χ0v) is 18.6. The highest BCUT2D eigenvalue weighted by molar-refractivity contribution is 6.09. The van der Waals surface area contributed by atoms with E-state index in [1.165, 1.54) is 0 Å². The number of aromatic nitrogens is 3. The summed E-state index contributed by atoms with van der Waals surface area (Å²) >= 11 is 0. The second-order valence-electron chi connectivity index (χ2n) is 9.77. The van der Waals surface area contributed by atoms with Crippen molar-refractivity contribution < 1.29 is 9.90 Å². The Bertz CT molecular complexity index is 1480. The zero-order chi connectivity index (χ0) is 22.7. The van der Waals surface area contributed by atoms with E-state index in [9.17, 15) is 14.7 Å². The maximum Gasteiger partial charge on any atom is 0.278 e. The molecule has 1 N–H and O–H groups in total. The fourth-order valence-corrected chi connectivity index (χ4v) is 5.49. The molecular formula is C26H26N4O3. The Labute approximate surface area is 190 Å². The largest absolute Gasteiger partial charge is 0.507 e. The van der Waals surface area contributed by atoms with Crippen molar-refractivity contribution >= 4 is 33.3 Å². The van der Waals surface area contributed by atoms with Gasteiger partial charge in [-0.3, -0.25) is 14.3 Å². The summed E-state index contributed by atoms with van der Waals surface area (Å²) in [6.45, 7) is 3.58. The lowest BCUT2D eigenvalue weighted by Gasteiger charge is -2.43. The number of amides is 1. The van der Waals surface area contributed by atoms with Gasteiger partial charge in [0.1, 0.15) is 5.76 Å². The van der Waals surface area contributed by atoms with Gasteiger partial charge in [0.15, 0.2) is 0 Å². The average molecular weight is 443 g/mol. The molecule has 0 bridgehead atoms. The van der Waals surface area contributed by atoms with Gasteiger partial charge in [-0.25, -0.2) is 4.98 Å². The molecule has 1 aliphatic carbocycles. The van der Waals surface area contributed by atoms with Crippen LogP contribution in [0.25, 0.3) is 27.4 Å². The third-order valence-electron chi connectivity index (χ3n) is 7.70. The van der Waals surface area contributed by atoms with Gasteiger partial charge in [0, 0.05) is 35.3 Å². The predicted molar refractivity (Wildman–Crippen MR) is 126 cm³/mol. The van der Waals surface area contributed by atoms with E-state index < -0.39 is 0 Å². The quantitative estimate of drug-likeness (QED) is 0.527. The minimum Gasteiger partial charge on any atom is -0.507 e. The molecule has 2 aromatic carbocycles. The molecule has 7 nitrogen and oxygen atoms in total. The third kappa shape index (κ3) is 3.09. The minimum absolute atomic E-state index is 0.134. The first-order chi connectivity index (χ1) is 15.9. The van der Waals surface area contributed by atoms with Gasteiger partial charge in [-0.2, -0.15) is 5.10 Å². The first-order valence-corrected chi connectivity index (χ1v) is 11.7. The summed E-state index contributed by atoms with van der Waals surface area (Å²) in [7, 11) is 0. The number of rotatable bonds is 3. The Hall–Kier alpha value is -3.48. The highest BCUT2D eigenvalue weighted by Gasteiger charge is 2.42. The summed E-state index contributed by atoms with van der Waals surface area (Å²) in [5.41, 5.74) is 0.896. The fraction of sp³-hybridized carbons (Fsp3) is 0.385. The number of aliphatic hydroxyl groups is 1. The maximum atomic E-state index is 12.8. The van der Waals surface area contributed by atoms with Crippen LogP contribution in [0.5, 0.6) is 0 Å². The monoisotopic (exact) mass is 442 g/mol. The highest BCUT2D eigenvalue weighted by atomic mass is 16.3. The van der Waals surface area contributed by atoms with Crippen LogP contribution in [0.1, 0.15) is 50.6 Å². The topological polar surface area (TPSA) is 88.3 Å². The van der Waals surface area contributed by atoms with Crippen molar-refractivity contribution in [2.45, 2.75) is 45.1 Å². The number of nitrogens with zero attached hydrogens (tertiary/aromatic N) is 4. The number of aliphatic hydroxyl groups excluding tert-OH is 1. The molecule has 0 atom stereocenters.